The molecule has 18 heavy (non-hydrogen) atoms. The Bertz CT molecular complexity index is 395. The van der Waals surface area contributed by atoms with Crippen molar-refractivity contribution in [2.45, 2.75) is 26.0 Å². The first-order valence-corrected chi connectivity index (χ1v) is 6.42. The molecule has 0 spiro atoms. The van der Waals surface area contributed by atoms with Gasteiger partial charge in [-0.05, 0) is 24.1 Å². The Morgan fingerprint density at radius 1 is 1.50 bits per heavy atom. The Hall–Kier alpha value is -1.26. The summed E-state index contributed by atoms with van der Waals surface area (Å²) in [5.41, 5.74) is 1.15. The molecule has 100 valence electrons. The minimum atomic E-state index is 0.190. The molecule has 0 saturated carbocycles. The van der Waals surface area contributed by atoms with Crippen molar-refractivity contribution < 1.29 is 14.6 Å². The molecule has 0 aliphatic carbocycles. The second-order valence-electron chi connectivity index (χ2n) is 4.64. The van der Waals surface area contributed by atoms with Crippen LogP contribution in [0.4, 0.5) is 0 Å². The molecule has 1 N–H and O–H groups in total. The summed E-state index contributed by atoms with van der Waals surface area (Å²) in [5, 5.41) is 9.56. The van der Waals surface area contributed by atoms with Gasteiger partial charge in [0.25, 0.3) is 0 Å². The third-order valence-electron chi connectivity index (χ3n) is 3.33. The third kappa shape index (κ3) is 3.15. The highest BCUT2D eigenvalue weighted by Gasteiger charge is 2.19. The molecule has 1 aliphatic heterocycles. The quantitative estimate of drug-likeness (QED) is 0.889. The van der Waals surface area contributed by atoms with E-state index in [1.165, 1.54) is 0 Å². The number of hydrogen-bond donors (Lipinski definition) is 1. The van der Waals surface area contributed by atoms with Crippen LogP contribution in [0.5, 0.6) is 11.5 Å². The van der Waals surface area contributed by atoms with Crippen LogP contribution >= 0.6 is 0 Å². The molecule has 0 bridgehead atoms. The fraction of sp³-hybridized carbons (Fsp3) is 0.571. The standard InChI is InChI=1S/C14H21NO3/c1-3-12-10-15(6-7-18-12)9-11-4-5-13(16)14(8-11)17-2/h4-5,8,12,16H,3,6-7,9-10H2,1-2H3. The topological polar surface area (TPSA) is 41.9 Å². The molecule has 1 saturated heterocycles. The van der Waals surface area contributed by atoms with Crippen LogP contribution in [-0.2, 0) is 11.3 Å². The smallest absolute Gasteiger partial charge is 0.160 e. The van der Waals surface area contributed by atoms with E-state index >= 15 is 0 Å². The predicted octanol–water partition coefficient (Wildman–Crippen LogP) is 2.01. The molecule has 0 radical (unpaired) electrons. The summed E-state index contributed by atoms with van der Waals surface area (Å²) < 4.78 is 10.8. The van der Waals surface area contributed by atoms with Crippen molar-refractivity contribution in [2.75, 3.05) is 26.8 Å². The van der Waals surface area contributed by atoms with Gasteiger partial charge in [0.05, 0.1) is 19.8 Å². The summed E-state index contributed by atoms with van der Waals surface area (Å²) in [5.74, 6) is 0.725. The van der Waals surface area contributed by atoms with Gasteiger partial charge in [-0.1, -0.05) is 13.0 Å². The average Bonchev–Trinajstić information content (AvgIpc) is 2.41. The summed E-state index contributed by atoms with van der Waals surface area (Å²) in [7, 11) is 1.57. The molecule has 4 nitrogen and oxygen atoms in total. The molecule has 1 unspecified atom stereocenters. The van der Waals surface area contributed by atoms with E-state index in [9.17, 15) is 5.11 Å². The fourth-order valence-corrected chi connectivity index (χ4v) is 2.25. The number of nitrogens with zero attached hydrogens (tertiary/aromatic N) is 1. The molecule has 1 aromatic rings. The lowest BCUT2D eigenvalue weighted by Gasteiger charge is -2.32. The van der Waals surface area contributed by atoms with Crippen LogP contribution in [0.3, 0.4) is 0 Å². The molecule has 2 rings (SSSR count). The van der Waals surface area contributed by atoms with Gasteiger partial charge in [-0.3, -0.25) is 4.90 Å². The predicted molar refractivity (Wildman–Crippen MR) is 70.0 cm³/mol. The van der Waals surface area contributed by atoms with Crippen molar-refractivity contribution >= 4 is 0 Å². The maximum absolute atomic E-state index is 9.56. The Balaban J connectivity index is 2.00. The number of morpholine rings is 1. The van der Waals surface area contributed by atoms with Gasteiger partial charge in [-0.2, -0.15) is 0 Å². The van der Waals surface area contributed by atoms with E-state index in [0.29, 0.717) is 11.9 Å². The van der Waals surface area contributed by atoms with E-state index in [4.69, 9.17) is 9.47 Å². The summed E-state index contributed by atoms with van der Waals surface area (Å²) >= 11 is 0. The minimum absolute atomic E-state index is 0.190. The van der Waals surface area contributed by atoms with Crippen LogP contribution in [-0.4, -0.2) is 42.9 Å². The zero-order chi connectivity index (χ0) is 13.0. The lowest BCUT2D eigenvalue weighted by Crippen LogP contribution is -2.41. The highest BCUT2D eigenvalue weighted by molar-refractivity contribution is 5.41. The van der Waals surface area contributed by atoms with Crippen molar-refractivity contribution in [3.63, 3.8) is 0 Å². The molecule has 4 heteroatoms. The van der Waals surface area contributed by atoms with E-state index in [1.54, 1.807) is 13.2 Å². The molecule has 1 atom stereocenters. The largest absolute Gasteiger partial charge is 0.504 e. The first-order chi connectivity index (χ1) is 8.72. The van der Waals surface area contributed by atoms with Gasteiger partial charge in [0.1, 0.15) is 0 Å². The van der Waals surface area contributed by atoms with Crippen LogP contribution in [0.15, 0.2) is 18.2 Å². The van der Waals surface area contributed by atoms with E-state index < -0.39 is 0 Å². The Labute approximate surface area is 108 Å². The summed E-state index contributed by atoms with van der Waals surface area (Å²) in [4.78, 5) is 2.38. The average molecular weight is 251 g/mol. The number of hydrogen-bond acceptors (Lipinski definition) is 4. The monoisotopic (exact) mass is 251 g/mol. The van der Waals surface area contributed by atoms with Crippen LogP contribution in [0.2, 0.25) is 0 Å². The SMILES string of the molecule is CCC1CN(Cc2ccc(O)c(OC)c2)CCO1. The zero-order valence-electron chi connectivity index (χ0n) is 11.1. The van der Waals surface area contributed by atoms with E-state index in [1.807, 2.05) is 12.1 Å². The maximum Gasteiger partial charge on any atom is 0.160 e. The van der Waals surface area contributed by atoms with Crippen molar-refractivity contribution in [1.82, 2.24) is 4.90 Å². The Morgan fingerprint density at radius 2 is 2.33 bits per heavy atom. The number of phenols is 1. The van der Waals surface area contributed by atoms with Crippen LogP contribution in [0.25, 0.3) is 0 Å². The van der Waals surface area contributed by atoms with Gasteiger partial charge >= 0.3 is 0 Å². The Kier molecular flexibility index (Phi) is 4.44. The highest BCUT2D eigenvalue weighted by atomic mass is 16.5. The van der Waals surface area contributed by atoms with Gasteiger partial charge in [-0.25, -0.2) is 0 Å². The van der Waals surface area contributed by atoms with Gasteiger partial charge in [0, 0.05) is 19.6 Å². The van der Waals surface area contributed by atoms with Gasteiger partial charge in [-0.15, -0.1) is 0 Å². The van der Waals surface area contributed by atoms with Crippen molar-refractivity contribution in [1.29, 1.82) is 0 Å². The van der Waals surface area contributed by atoms with Gasteiger partial charge in [0.2, 0.25) is 0 Å². The number of rotatable bonds is 4. The van der Waals surface area contributed by atoms with Crippen molar-refractivity contribution in [3.8, 4) is 11.5 Å². The molecule has 1 fully saturated rings. The van der Waals surface area contributed by atoms with Crippen molar-refractivity contribution in [3.05, 3.63) is 23.8 Å². The second-order valence-corrected chi connectivity index (χ2v) is 4.64. The highest BCUT2D eigenvalue weighted by Crippen LogP contribution is 2.27. The molecule has 1 aromatic carbocycles. The molecular weight excluding hydrogens is 230 g/mol. The molecular formula is C14H21NO3. The minimum Gasteiger partial charge on any atom is -0.504 e. The number of methoxy groups -OCH3 is 1. The lowest BCUT2D eigenvalue weighted by molar-refractivity contribution is -0.0324. The Morgan fingerprint density at radius 3 is 3.06 bits per heavy atom. The van der Waals surface area contributed by atoms with Gasteiger partial charge in [0.15, 0.2) is 11.5 Å². The van der Waals surface area contributed by atoms with Gasteiger partial charge < -0.3 is 14.6 Å². The number of aromatic hydroxyl groups is 1. The summed E-state index contributed by atoms with van der Waals surface area (Å²) in [6, 6.07) is 5.52. The molecule has 1 heterocycles. The number of benzene rings is 1. The van der Waals surface area contributed by atoms with E-state index in [0.717, 1.165) is 38.2 Å². The third-order valence-corrected chi connectivity index (χ3v) is 3.33. The fourth-order valence-electron chi connectivity index (χ4n) is 2.25. The van der Waals surface area contributed by atoms with Crippen molar-refractivity contribution in [2.24, 2.45) is 0 Å². The lowest BCUT2D eigenvalue weighted by atomic mass is 10.1. The van der Waals surface area contributed by atoms with Crippen LogP contribution in [0.1, 0.15) is 18.9 Å². The van der Waals surface area contributed by atoms with E-state index in [2.05, 4.69) is 11.8 Å². The summed E-state index contributed by atoms with van der Waals surface area (Å²) in [6.07, 6.45) is 1.40. The molecule has 0 amide bonds. The summed E-state index contributed by atoms with van der Waals surface area (Å²) in [6.45, 7) is 5.75. The maximum atomic E-state index is 9.56. The number of ether oxygens (including phenoxy) is 2. The van der Waals surface area contributed by atoms with E-state index in [-0.39, 0.29) is 5.75 Å². The first kappa shape index (κ1) is 13.2. The van der Waals surface area contributed by atoms with Crippen LogP contribution in [0, 0.1) is 0 Å². The normalized spacial score (nSPS) is 20.9. The first-order valence-electron chi connectivity index (χ1n) is 6.42. The second kappa shape index (κ2) is 6.07. The zero-order valence-corrected chi connectivity index (χ0v) is 11.1. The molecule has 1 aliphatic rings. The van der Waals surface area contributed by atoms with Crippen LogP contribution < -0.4 is 4.74 Å². The number of phenolic OH excluding ortho intramolecular Hbond substituents is 1. The molecule has 0 aromatic heterocycles.